The van der Waals surface area contributed by atoms with Crippen LogP contribution in [0.4, 0.5) is 4.79 Å². The fourth-order valence-electron chi connectivity index (χ4n) is 4.45. The van der Waals surface area contributed by atoms with Gasteiger partial charge in [0.05, 0.1) is 0 Å². The number of urea groups is 1. The second-order valence-corrected chi connectivity index (χ2v) is 7.28. The van der Waals surface area contributed by atoms with Crippen LogP contribution < -0.4 is 5.32 Å². The van der Waals surface area contributed by atoms with Crippen LogP contribution in [0.3, 0.4) is 0 Å². The lowest BCUT2D eigenvalue weighted by atomic mass is 9.97. The first-order chi connectivity index (χ1) is 11.2. The highest BCUT2D eigenvalue weighted by atomic mass is 16.2. The molecule has 0 aromatic heterocycles. The lowest BCUT2D eigenvalue weighted by Crippen LogP contribution is -2.57. The third-order valence-electron chi connectivity index (χ3n) is 5.79. The molecule has 2 amide bonds. The van der Waals surface area contributed by atoms with Gasteiger partial charge in [0, 0.05) is 38.8 Å². The van der Waals surface area contributed by atoms with Crippen molar-refractivity contribution in [3.8, 4) is 0 Å². The second kappa shape index (κ2) is 7.52. The molecule has 4 heteroatoms. The molecule has 0 aromatic rings. The van der Waals surface area contributed by atoms with E-state index >= 15 is 0 Å². The highest BCUT2D eigenvalue weighted by Crippen LogP contribution is 2.33. The largest absolute Gasteiger partial charge is 0.341 e. The van der Waals surface area contributed by atoms with Crippen molar-refractivity contribution >= 4 is 6.03 Å². The molecule has 3 aliphatic rings. The van der Waals surface area contributed by atoms with Crippen molar-refractivity contribution in [2.75, 3.05) is 26.7 Å². The van der Waals surface area contributed by atoms with Gasteiger partial charge in [0.25, 0.3) is 0 Å². The van der Waals surface area contributed by atoms with Crippen LogP contribution in [0.1, 0.15) is 45.4 Å². The molecule has 2 unspecified atom stereocenters. The summed E-state index contributed by atoms with van der Waals surface area (Å²) in [6.07, 6.45) is 15.3. The first kappa shape index (κ1) is 16.6. The molecular formula is C19H31N3O. The lowest BCUT2D eigenvalue weighted by molar-refractivity contribution is 0.0765. The first-order valence-electron chi connectivity index (χ1n) is 9.29. The third-order valence-corrected chi connectivity index (χ3v) is 5.79. The molecule has 1 heterocycles. The van der Waals surface area contributed by atoms with E-state index in [1.54, 1.807) is 12.6 Å². The Morgan fingerprint density at radius 2 is 2.00 bits per heavy atom. The van der Waals surface area contributed by atoms with E-state index in [0.29, 0.717) is 12.1 Å². The number of carbonyl (C=O) groups is 1. The van der Waals surface area contributed by atoms with E-state index in [1.807, 2.05) is 4.90 Å². The van der Waals surface area contributed by atoms with Gasteiger partial charge in [0.1, 0.15) is 0 Å². The zero-order valence-corrected chi connectivity index (χ0v) is 14.6. The number of allylic oxidation sites excluding steroid dienone is 3. The molecule has 1 N–H and O–H groups in total. The molecule has 0 bridgehead atoms. The minimum Gasteiger partial charge on any atom is -0.341 e. The Balaban J connectivity index is 1.60. The van der Waals surface area contributed by atoms with Crippen LogP contribution in [0.2, 0.25) is 0 Å². The van der Waals surface area contributed by atoms with E-state index in [0.717, 1.165) is 25.6 Å². The van der Waals surface area contributed by atoms with Gasteiger partial charge in [-0.05, 0) is 44.1 Å². The molecule has 2 aliphatic carbocycles. The number of carbonyl (C=O) groups excluding carboxylic acids is 1. The Hall–Kier alpha value is -1.29. The summed E-state index contributed by atoms with van der Waals surface area (Å²) in [6.45, 7) is 4.88. The van der Waals surface area contributed by atoms with Gasteiger partial charge in [-0.3, -0.25) is 4.90 Å². The van der Waals surface area contributed by atoms with E-state index in [2.05, 4.69) is 35.4 Å². The number of nitrogens with one attached hydrogen (secondary N) is 1. The van der Waals surface area contributed by atoms with Crippen molar-refractivity contribution < 1.29 is 4.79 Å². The fraction of sp³-hybridized carbons (Fsp3) is 0.737. The molecule has 0 aromatic carbocycles. The Morgan fingerprint density at radius 1 is 1.22 bits per heavy atom. The SMILES string of the molecule is CNC(=O)N1CCN(C2C=CC(C3CCCC3)=CCC2)C(C)C1. The predicted molar refractivity (Wildman–Crippen MR) is 94.4 cm³/mol. The van der Waals surface area contributed by atoms with Gasteiger partial charge in [0.2, 0.25) is 0 Å². The van der Waals surface area contributed by atoms with Crippen LogP contribution in [-0.2, 0) is 0 Å². The summed E-state index contributed by atoms with van der Waals surface area (Å²) in [6, 6.07) is 0.994. The summed E-state index contributed by atoms with van der Waals surface area (Å²) >= 11 is 0. The number of piperazine rings is 1. The second-order valence-electron chi connectivity index (χ2n) is 7.28. The van der Waals surface area contributed by atoms with Crippen molar-refractivity contribution in [2.24, 2.45) is 5.92 Å². The van der Waals surface area contributed by atoms with Crippen LogP contribution in [0.15, 0.2) is 23.8 Å². The molecule has 2 atom stereocenters. The van der Waals surface area contributed by atoms with E-state index < -0.39 is 0 Å². The van der Waals surface area contributed by atoms with Gasteiger partial charge in [-0.1, -0.05) is 31.1 Å². The average Bonchev–Trinajstić information content (AvgIpc) is 2.99. The van der Waals surface area contributed by atoms with Crippen molar-refractivity contribution in [3.63, 3.8) is 0 Å². The number of hydrogen-bond donors (Lipinski definition) is 1. The molecule has 23 heavy (non-hydrogen) atoms. The van der Waals surface area contributed by atoms with Gasteiger partial charge < -0.3 is 10.2 Å². The average molecular weight is 317 g/mol. The molecular weight excluding hydrogens is 286 g/mol. The van der Waals surface area contributed by atoms with E-state index in [1.165, 1.54) is 38.5 Å². The quantitative estimate of drug-likeness (QED) is 0.849. The highest BCUT2D eigenvalue weighted by molar-refractivity contribution is 5.73. The minimum atomic E-state index is 0.0538. The van der Waals surface area contributed by atoms with Crippen LogP contribution in [0.5, 0.6) is 0 Å². The molecule has 3 rings (SSSR count). The predicted octanol–water partition coefficient (Wildman–Crippen LogP) is 3.17. The maximum absolute atomic E-state index is 11.8. The number of rotatable bonds is 2. The van der Waals surface area contributed by atoms with E-state index in [4.69, 9.17) is 0 Å². The van der Waals surface area contributed by atoms with Gasteiger partial charge >= 0.3 is 6.03 Å². The molecule has 1 saturated heterocycles. The van der Waals surface area contributed by atoms with E-state index in [9.17, 15) is 4.79 Å². The first-order valence-corrected chi connectivity index (χ1v) is 9.29. The van der Waals surface area contributed by atoms with Crippen LogP contribution >= 0.6 is 0 Å². The molecule has 2 fully saturated rings. The molecule has 0 radical (unpaired) electrons. The van der Waals surface area contributed by atoms with Crippen molar-refractivity contribution in [2.45, 2.75) is 57.5 Å². The highest BCUT2D eigenvalue weighted by Gasteiger charge is 2.30. The number of amides is 2. The topological polar surface area (TPSA) is 35.6 Å². The standard InChI is InChI=1S/C19H31N3O/c1-15-14-21(19(23)20-2)12-13-22(15)18-9-5-8-17(10-11-18)16-6-3-4-7-16/h8,10-11,15-16,18H,3-7,9,12-14H2,1-2H3,(H,20,23). The summed E-state index contributed by atoms with van der Waals surface area (Å²) in [4.78, 5) is 16.3. The smallest absolute Gasteiger partial charge is 0.317 e. The van der Waals surface area contributed by atoms with Gasteiger partial charge in [-0.25, -0.2) is 4.79 Å². The molecule has 1 aliphatic heterocycles. The van der Waals surface area contributed by atoms with Gasteiger partial charge in [0.15, 0.2) is 0 Å². The van der Waals surface area contributed by atoms with Gasteiger partial charge in [-0.15, -0.1) is 0 Å². The van der Waals surface area contributed by atoms with Crippen LogP contribution in [0, 0.1) is 5.92 Å². The third kappa shape index (κ3) is 3.79. The summed E-state index contributed by atoms with van der Waals surface area (Å²) in [5.74, 6) is 0.813. The molecule has 4 nitrogen and oxygen atoms in total. The maximum Gasteiger partial charge on any atom is 0.317 e. The lowest BCUT2D eigenvalue weighted by Gasteiger charge is -2.43. The van der Waals surface area contributed by atoms with Crippen molar-refractivity contribution in [3.05, 3.63) is 23.8 Å². The van der Waals surface area contributed by atoms with Crippen molar-refractivity contribution in [1.29, 1.82) is 0 Å². The molecule has 1 saturated carbocycles. The summed E-state index contributed by atoms with van der Waals surface area (Å²) in [7, 11) is 1.71. The Labute approximate surface area is 140 Å². The van der Waals surface area contributed by atoms with Crippen LogP contribution in [-0.4, -0.2) is 54.6 Å². The zero-order chi connectivity index (χ0) is 16.2. The summed E-state index contributed by atoms with van der Waals surface area (Å²) in [5.41, 5.74) is 1.58. The Kier molecular flexibility index (Phi) is 5.42. The normalized spacial score (nSPS) is 30.2. The summed E-state index contributed by atoms with van der Waals surface area (Å²) in [5, 5.41) is 2.74. The monoisotopic (exact) mass is 317 g/mol. The van der Waals surface area contributed by atoms with Crippen molar-refractivity contribution in [1.82, 2.24) is 15.1 Å². The van der Waals surface area contributed by atoms with E-state index in [-0.39, 0.29) is 6.03 Å². The number of nitrogens with zero attached hydrogens (tertiary/aromatic N) is 2. The maximum atomic E-state index is 11.8. The molecule has 0 spiro atoms. The minimum absolute atomic E-state index is 0.0538. The van der Waals surface area contributed by atoms with Gasteiger partial charge in [-0.2, -0.15) is 0 Å². The van der Waals surface area contributed by atoms with Crippen LogP contribution in [0.25, 0.3) is 0 Å². The zero-order valence-electron chi connectivity index (χ0n) is 14.6. The Morgan fingerprint density at radius 3 is 2.70 bits per heavy atom. The Bertz CT molecular complexity index is 479. The summed E-state index contributed by atoms with van der Waals surface area (Å²) < 4.78 is 0. The fourth-order valence-corrected chi connectivity index (χ4v) is 4.45. The molecule has 128 valence electrons. The number of hydrogen-bond acceptors (Lipinski definition) is 2.